The molecule has 0 unspecified atom stereocenters. The molecular weight excluding hydrogens is 300 g/mol. The summed E-state index contributed by atoms with van der Waals surface area (Å²) in [5.74, 6) is 0.131. The van der Waals surface area contributed by atoms with Gasteiger partial charge in [0, 0.05) is 30.8 Å². The lowest BCUT2D eigenvalue weighted by molar-refractivity contribution is -0.131. The summed E-state index contributed by atoms with van der Waals surface area (Å²) in [5, 5.41) is 7.30. The van der Waals surface area contributed by atoms with Gasteiger partial charge >= 0.3 is 0 Å². The zero-order chi connectivity index (χ0) is 15.4. The maximum Gasteiger partial charge on any atom is 0.231 e. The number of rotatable bonds is 3. The van der Waals surface area contributed by atoms with Gasteiger partial charge in [-0.2, -0.15) is 0 Å². The topological polar surface area (TPSA) is 50.4 Å². The molecule has 0 aliphatic carbocycles. The van der Waals surface area contributed by atoms with Gasteiger partial charge in [0.1, 0.15) is 0 Å². The van der Waals surface area contributed by atoms with Crippen molar-refractivity contribution in [1.82, 2.24) is 10.6 Å². The smallest absolute Gasteiger partial charge is 0.231 e. The molecule has 2 N–H and O–H groups in total. The highest BCUT2D eigenvalue weighted by Gasteiger charge is 2.42. The van der Waals surface area contributed by atoms with Crippen molar-refractivity contribution in [2.24, 2.45) is 0 Å². The van der Waals surface area contributed by atoms with Gasteiger partial charge in [-0.05, 0) is 49.9 Å². The number of carbonyl (C=O) groups is 1. The molecule has 2 aliphatic rings. The van der Waals surface area contributed by atoms with E-state index in [0.29, 0.717) is 18.2 Å². The van der Waals surface area contributed by atoms with Crippen molar-refractivity contribution in [3.05, 3.63) is 34.9 Å². The van der Waals surface area contributed by atoms with Gasteiger partial charge < -0.3 is 15.4 Å². The second-order valence-electron chi connectivity index (χ2n) is 6.22. The maximum atomic E-state index is 13.0. The van der Waals surface area contributed by atoms with E-state index in [1.807, 2.05) is 24.3 Å². The zero-order valence-electron chi connectivity index (χ0n) is 12.7. The first-order chi connectivity index (χ1) is 10.7. The highest BCUT2D eigenvalue weighted by atomic mass is 35.5. The Labute approximate surface area is 136 Å². The van der Waals surface area contributed by atoms with Gasteiger partial charge in [-0.1, -0.05) is 23.7 Å². The average Bonchev–Trinajstić information content (AvgIpc) is 2.57. The van der Waals surface area contributed by atoms with Gasteiger partial charge in [-0.25, -0.2) is 0 Å². The third-order valence-corrected chi connectivity index (χ3v) is 5.06. The molecule has 2 heterocycles. The monoisotopic (exact) mass is 322 g/mol. The SMILES string of the molecule is O=C(N[C@H]1CCCNC1)C1(c2ccc(Cl)cc2)CCOCC1. The summed E-state index contributed by atoms with van der Waals surface area (Å²) in [6.45, 7) is 3.15. The normalized spacial score (nSPS) is 24.7. The molecule has 22 heavy (non-hydrogen) atoms. The molecule has 2 fully saturated rings. The largest absolute Gasteiger partial charge is 0.381 e. The molecule has 0 aromatic heterocycles. The van der Waals surface area contributed by atoms with Crippen LogP contribution in [-0.4, -0.2) is 38.3 Å². The van der Waals surface area contributed by atoms with E-state index in [9.17, 15) is 4.79 Å². The van der Waals surface area contributed by atoms with Crippen LogP contribution >= 0.6 is 11.6 Å². The zero-order valence-corrected chi connectivity index (χ0v) is 13.5. The fraction of sp³-hybridized carbons (Fsp3) is 0.588. The first kappa shape index (κ1) is 15.8. The van der Waals surface area contributed by atoms with Crippen LogP contribution in [0, 0.1) is 0 Å². The highest BCUT2D eigenvalue weighted by molar-refractivity contribution is 6.30. The number of halogens is 1. The van der Waals surface area contributed by atoms with Crippen LogP contribution in [0.4, 0.5) is 0 Å². The lowest BCUT2D eigenvalue weighted by atomic mass is 9.73. The number of nitrogens with one attached hydrogen (secondary N) is 2. The third-order valence-electron chi connectivity index (χ3n) is 4.81. The van der Waals surface area contributed by atoms with E-state index in [4.69, 9.17) is 16.3 Å². The summed E-state index contributed by atoms with van der Waals surface area (Å²) >= 11 is 6.00. The van der Waals surface area contributed by atoms with E-state index in [1.165, 1.54) is 0 Å². The van der Waals surface area contributed by atoms with Crippen molar-refractivity contribution >= 4 is 17.5 Å². The molecular formula is C17H23ClN2O2. The summed E-state index contributed by atoms with van der Waals surface area (Å²) in [7, 11) is 0. The molecule has 0 saturated carbocycles. The van der Waals surface area contributed by atoms with Crippen LogP contribution in [0.15, 0.2) is 24.3 Å². The minimum atomic E-state index is -0.486. The van der Waals surface area contributed by atoms with Crippen LogP contribution in [-0.2, 0) is 14.9 Å². The van der Waals surface area contributed by atoms with Crippen molar-refractivity contribution < 1.29 is 9.53 Å². The van der Waals surface area contributed by atoms with E-state index in [-0.39, 0.29) is 11.9 Å². The van der Waals surface area contributed by atoms with Crippen molar-refractivity contribution in [1.29, 1.82) is 0 Å². The van der Waals surface area contributed by atoms with Crippen LogP contribution in [0.3, 0.4) is 0 Å². The van der Waals surface area contributed by atoms with Crippen LogP contribution in [0.5, 0.6) is 0 Å². The molecule has 5 heteroatoms. The van der Waals surface area contributed by atoms with Gasteiger partial charge in [0.2, 0.25) is 5.91 Å². The minimum absolute atomic E-state index is 0.131. The molecule has 0 spiro atoms. The Kier molecular flexibility index (Phi) is 5.01. The average molecular weight is 323 g/mol. The quantitative estimate of drug-likeness (QED) is 0.897. The molecule has 1 aromatic rings. The summed E-state index contributed by atoms with van der Waals surface area (Å²) in [6, 6.07) is 7.92. The number of benzene rings is 1. The van der Waals surface area contributed by atoms with Gasteiger partial charge in [0.15, 0.2) is 0 Å². The predicted octanol–water partition coefficient (Wildman–Crippen LogP) is 2.26. The van der Waals surface area contributed by atoms with E-state index in [1.54, 1.807) is 0 Å². The number of hydrogen-bond donors (Lipinski definition) is 2. The van der Waals surface area contributed by atoms with Crippen molar-refractivity contribution in [3.8, 4) is 0 Å². The predicted molar refractivity (Wildman–Crippen MR) is 87.2 cm³/mol. The van der Waals surface area contributed by atoms with Gasteiger partial charge in [0.25, 0.3) is 0 Å². The summed E-state index contributed by atoms with van der Waals surface area (Å²) in [6.07, 6.45) is 3.61. The standard InChI is InChI=1S/C17H23ClN2O2/c18-14-5-3-13(4-6-14)17(7-10-22-11-8-17)16(21)20-15-2-1-9-19-12-15/h3-6,15,19H,1-2,7-12H2,(H,20,21)/t15-/m0/s1. The Morgan fingerprint density at radius 2 is 2.00 bits per heavy atom. The van der Waals surface area contributed by atoms with E-state index < -0.39 is 5.41 Å². The van der Waals surface area contributed by atoms with Gasteiger partial charge in [-0.15, -0.1) is 0 Å². The fourth-order valence-electron chi connectivity index (χ4n) is 3.43. The Morgan fingerprint density at radius 1 is 1.27 bits per heavy atom. The molecule has 0 radical (unpaired) electrons. The molecule has 3 rings (SSSR count). The fourth-order valence-corrected chi connectivity index (χ4v) is 3.56. The van der Waals surface area contributed by atoms with Crippen molar-refractivity contribution in [3.63, 3.8) is 0 Å². The van der Waals surface area contributed by atoms with Gasteiger partial charge in [-0.3, -0.25) is 4.79 Å². The molecule has 4 nitrogen and oxygen atoms in total. The second kappa shape index (κ2) is 6.99. The Bertz CT molecular complexity index is 506. The highest BCUT2D eigenvalue weighted by Crippen LogP contribution is 2.36. The number of carbonyl (C=O) groups excluding carboxylic acids is 1. The Morgan fingerprint density at radius 3 is 2.64 bits per heavy atom. The lowest BCUT2D eigenvalue weighted by Gasteiger charge is -2.38. The molecule has 1 aromatic carbocycles. The molecule has 1 atom stereocenters. The molecule has 1 amide bonds. The summed E-state index contributed by atoms with van der Waals surface area (Å²) in [4.78, 5) is 13.0. The maximum absolute atomic E-state index is 13.0. The molecule has 2 saturated heterocycles. The second-order valence-corrected chi connectivity index (χ2v) is 6.65. The summed E-state index contributed by atoms with van der Waals surface area (Å²) in [5.41, 5.74) is 0.557. The first-order valence-corrected chi connectivity index (χ1v) is 8.44. The number of ether oxygens (including phenoxy) is 1. The van der Waals surface area contributed by atoms with Crippen LogP contribution in [0.2, 0.25) is 5.02 Å². The Balaban J connectivity index is 1.81. The molecule has 2 aliphatic heterocycles. The number of piperidine rings is 1. The van der Waals surface area contributed by atoms with Crippen molar-refractivity contribution in [2.75, 3.05) is 26.3 Å². The number of hydrogen-bond acceptors (Lipinski definition) is 3. The van der Waals surface area contributed by atoms with Crippen LogP contribution < -0.4 is 10.6 Å². The summed E-state index contributed by atoms with van der Waals surface area (Å²) < 4.78 is 5.49. The minimum Gasteiger partial charge on any atom is -0.381 e. The van der Waals surface area contributed by atoms with E-state index >= 15 is 0 Å². The van der Waals surface area contributed by atoms with Crippen LogP contribution in [0.1, 0.15) is 31.2 Å². The third kappa shape index (κ3) is 3.29. The Hall–Kier alpha value is -1.10. The van der Waals surface area contributed by atoms with Gasteiger partial charge in [0.05, 0.1) is 5.41 Å². The van der Waals surface area contributed by atoms with Crippen molar-refractivity contribution in [2.45, 2.75) is 37.1 Å². The van der Waals surface area contributed by atoms with E-state index in [2.05, 4.69) is 10.6 Å². The number of amides is 1. The van der Waals surface area contributed by atoms with E-state index in [0.717, 1.165) is 44.3 Å². The molecule has 0 bridgehead atoms. The lowest BCUT2D eigenvalue weighted by Crippen LogP contribution is -2.54. The molecule has 120 valence electrons. The van der Waals surface area contributed by atoms with Crippen LogP contribution in [0.25, 0.3) is 0 Å². The first-order valence-electron chi connectivity index (χ1n) is 8.06.